The van der Waals surface area contributed by atoms with E-state index in [0.29, 0.717) is 24.5 Å². The van der Waals surface area contributed by atoms with Crippen molar-refractivity contribution < 1.29 is 4.79 Å². The van der Waals surface area contributed by atoms with Crippen LogP contribution >= 0.6 is 0 Å². The number of nitrogen functional groups attached to an aromatic ring is 1. The van der Waals surface area contributed by atoms with Gasteiger partial charge in [-0.1, -0.05) is 6.07 Å². The summed E-state index contributed by atoms with van der Waals surface area (Å²) in [5.41, 5.74) is 7.75. The molecule has 2 aromatic heterocycles. The number of carbonyl (C=O) groups is 1. The number of hydrogen-bond acceptors (Lipinski definition) is 4. The Morgan fingerprint density at radius 3 is 2.76 bits per heavy atom. The van der Waals surface area contributed by atoms with Crippen LogP contribution in [0.3, 0.4) is 0 Å². The second-order valence-corrected chi connectivity index (χ2v) is 5.24. The highest BCUT2D eigenvalue weighted by Gasteiger charge is 2.17. The van der Waals surface area contributed by atoms with E-state index in [0.717, 1.165) is 12.1 Å². The molecule has 0 unspecified atom stereocenters. The number of nitrogens with zero attached hydrogens (tertiary/aromatic N) is 3. The zero-order chi connectivity index (χ0) is 15.2. The van der Waals surface area contributed by atoms with E-state index in [-0.39, 0.29) is 5.91 Å². The van der Waals surface area contributed by atoms with Gasteiger partial charge in [-0.3, -0.25) is 9.78 Å². The second kappa shape index (κ2) is 6.90. The lowest BCUT2D eigenvalue weighted by molar-refractivity contribution is 0.0726. The SMILES string of the molecule is CN(C)CCN(Cc1cccnc1)C(=O)c1cc(N)c[nH]1. The standard InChI is InChI=1S/C15H21N5O/c1-19(2)6-7-20(11-12-4-3-5-17-9-12)15(21)14-8-13(16)10-18-14/h3-5,8-10,18H,6-7,11,16H2,1-2H3. The van der Waals surface area contributed by atoms with E-state index in [9.17, 15) is 4.79 Å². The number of hydrogen-bond donors (Lipinski definition) is 2. The summed E-state index contributed by atoms with van der Waals surface area (Å²) in [6.45, 7) is 1.96. The van der Waals surface area contributed by atoms with E-state index < -0.39 is 0 Å². The van der Waals surface area contributed by atoms with Gasteiger partial charge in [-0.05, 0) is 31.8 Å². The summed E-state index contributed by atoms with van der Waals surface area (Å²) in [5.74, 6) is -0.0580. The minimum Gasteiger partial charge on any atom is -0.397 e. The molecule has 1 amide bonds. The van der Waals surface area contributed by atoms with Crippen LogP contribution in [0.1, 0.15) is 16.1 Å². The highest BCUT2D eigenvalue weighted by molar-refractivity contribution is 5.93. The number of aromatic amines is 1. The monoisotopic (exact) mass is 287 g/mol. The number of anilines is 1. The number of nitrogens with one attached hydrogen (secondary N) is 1. The molecule has 2 aromatic rings. The van der Waals surface area contributed by atoms with Crippen LogP contribution in [0, 0.1) is 0 Å². The van der Waals surface area contributed by atoms with Crippen molar-refractivity contribution in [1.29, 1.82) is 0 Å². The van der Waals surface area contributed by atoms with Gasteiger partial charge in [0.05, 0.1) is 0 Å². The molecule has 21 heavy (non-hydrogen) atoms. The Kier molecular flexibility index (Phi) is 4.94. The molecule has 0 radical (unpaired) electrons. The number of carbonyl (C=O) groups excluding carboxylic acids is 1. The van der Waals surface area contributed by atoms with Crippen molar-refractivity contribution in [3.8, 4) is 0 Å². The van der Waals surface area contributed by atoms with E-state index in [2.05, 4.69) is 9.97 Å². The molecule has 0 spiro atoms. The second-order valence-electron chi connectivity index (χ2n) is 5.24. The Hall–Kier alpha value is -2.34. The van der Waals surface area contributed by atoms with Crippen LogP contribution in [0.4, 0.5) is 5.69 Å². The van der Waals surface area contributed by atoms with Gasteiger partial charge in [0, 0.05) is 43.9 Å². The van der Waals surface area contributed by atoms with Crippen molar-refractivity contribution in [3.05, 3.63) is 48.0 Å². The smallest absolute Gasteiger partial charge is 0.270 e. The molecule has 6 nitrogen and oxygen atoms in total. The average Bonchev–Trinajstić information content (AvgIpc) is 2.90. The number of aromatic nitrogens is 2. The predicted molar refractivity (Wildman–Crippen MR) is 82.7 cm³/mol. The number of pyridine rings is 1. The molecule has 0 aromatic carbocycles. The number of H-pyrrole nitrogens is 1. The molecule has 112 valence electrons. The first-order chi connectivity index (χ1) is 10.1. The van der Waals surface area contributed by atoms with Gasteiger partial charge in [-0.25, -0.2) is 0 Å². The first kappa shape index (κ1) is 15.1. The normalized spacial score (nSPS) is 10.8. The van der Waals surface area contributed by atoms with E-state index in [4.69, 9.17) is 5.73 Å². The topological polar surface area (TPSA) is 78.2 Å². The fraction of sp³-hybridized carbons (Fsp3) is 0.333. The van der Waals surface area contributed by atoms with Crippen molar-refractivity contribution in [2.24, 2.45) is 0 Å². The van der Waals surface area contributed by atoms with Gasteiger partial charge in [-0.2, -0.15) is 0 Å². The predicted octanol–water partition coefficient (Wildman–Crippen LogP) is 1.20. The molecule has 2 rings (SSSR count). The van der Waals surface area contributed by atoms with E-state index in [1.807, 2.05) is 31.1 Å². The van der Waals surface area contributed by atoms with Crippen LogP contribution in [-0.2, 0) is 6.54 Å². The number of rotatable bonds is 6. The average molecular weight is 287 g/mol. The van der Waals surface area contributed by atoms with Crippen molar-refractivity contribution in [3.63, 3.8) is 0 Å². The van der Waals surface area contributed by atoms with Crippen molar-refractivity contribution in [2.45, 2.75) is 6.54 Å². The van der Waals surface area contributed by atoms with Gasteiger partial charge >= 0.3 is 0 Å². The molecule has 0 bridgehead atoms. The van der Waals surface area contributed by atoms with Crippen LogP contribution in [-0.4, -0.2) is 52.9 Å². The Balaban J connectivity index is 2.13. The van der Waals surface area contributed by atoms with Crippen LogP contribution in [0.25, 0.3) is 0 Å². The maximum Gasteiger partial charge on any atom is 0.270 e. The maximum atomic E-state index is 12.6. The van der Waals surface area contributed by atoms with Gasteiger partial charge < -0.3 is 20.5 Å². The van der Waals surface area contributed by atoms with Crippen molar-refractivity contribution >= 4 is 11.6 Å². The van der Waals surface area contributed by atoms with Gasteiger partial charge in [0.2, 0.25) is 0 Å². The van der Waals surface area contributed by atoms with Crippen molar-refractivity contribution in [1.82, 2.24) is 19.8 Å². The molecule has 0 saturated heterocycles. The zero-order valence-corrected chi connectivity index (χ0v) is 12.4. The molecular weight excluding hydrogens is 266 g/mol. The van der Waals surface area contributed by atoms with Crippen LogP contribution in [0.5, 0.6) is 0 Å². The first-order valence-corrected chi connectivity index (χ1v) is 6.83. The van der Waals surface area contributed by atoms with Gasteiger partial charge in [0.15, 0.2) is 0 Å². The number of likely N-dealkylation sites (N-methyl/N-ethyl adjacent to an activating group) is 1. The van der Waals surface area contributed by atoms with Crippen molar-refractivity contribution in [2.75, 3.05) is 32.9 Å². The lowest BCUT2D eigenvalue weighted by atomic mass is 10.2. The molecule has 2 heterocycles. The minimum atomic E-state index is -0.0580. The molecule has 0 fully saturated rings. The first-order valence-electron chi connectivity index (χ1n) is 6.83. The highest BCUT2D eigenvalue weighted by Crippen LogP contribution is 2.11. The van der Waals surface area contributed by atoms with Gasteiger partial charge in [0.1, 0.15) is 5.69 Å². The molecule has 3 N–H and O–H groups in total. The van der Waals surface area contributed by atoms with E-state index in [1.54, 1.807) is 29.6 Å². The van der Waals surface area contributed by atoms with Gasteiger partial charge in [-0.15, -0.1) is 0 Å². The summed E-state index contributed by atoms with van der Waals surface area (Å²) in [6, 6.07) is 5.50. The molecule has 0 aliphatic heterocycles. The summed E-state index contributed by atoms with van der Waals surface area (Å²) in [6.07, 6.45) is 5.13. The fourth-order valence-electron chi connectivity index (χ4n) is 1.99. The highest BCUT2D eigenvalue weighted by atomic mass is 16.2. The summed E-state index contributed by atoms with van der Waals surface area (Å²) in [5, 5.41) is 0. The minimum absolute atomic E-state index is 0.0580. The quantitative estimate of drug-likeness (QED) is 0.836. The maximum absolute atomic E-state index is 12.6. The summed E-state index contributed by atoms with van der Waals surface area (Å²) in [4.78, 5) is 23.4. The molecule has 6 heteroatoms. The largest absolute Gasteiger partial charge is 0.397 e. The molecule has 0 aliphatic rings. The van der Waals surface area contributed by atoms with Gasteiger partial charge in [0.25, 0.3) is 5.91 Å². The Labute approximate surface area is 124 Å². The summed E-state index contributed by atoms with van der Waals surface area (Å²) < 4.78 is 0. The third-order valence-corrected chi connectivity index (χ3v) is 3.14. The zero-order valence-electron chi connectivity index (χ0n) is 12.4. The van der Waals surface area contributed by atoms with Crippen LogP contribution in [0.15, 0.2) is 36.8 Å². The van der Waals surface area contributed by atoms with E-state index in [1.165, 1.54) is 0 Å². The Morgan fingerprint density at radius 2 is 2.19 bits per heavy atom. The lowest BCUT2D eigenvalue weighted by Crippen LogP contribution is -2.36. The fourth-order valence-corrected chi connectivity index (χ4v) is 1.99. The van der Waals surface area contributed by atoms with Crippen LogP contribution in [0.2, 0.25) is 0 Å². The third kappa shape index (κ3) is 4.32. The van der Waals surface area contributed by atoms with Crippen LogP contribution < -0.4 is 5.73 Å². The number of amides is 1. The Bertz CT molecular complexity index is 579. The lowest BCUT2D eigenvalue weighted by Gasteiger charge is -2.24. The summed E-state index contributed by atoms with van der Waals surface area (Å²) >= 11 is 0. The Morgan fingerprint density at radius 1 is 1.38 bits per heavy atom. The molecule has 0 saturated carbocycles. The third-order valence-electron chi connectivity index (χ3n) is 3.14. The van der Waals surface area contributed by atoms with E-state index >= 15 is 0 Å². The molecule has 0 aliphatic carbocycles. The summed E-state index contributed by atoms with van der Waals surface area (Å²) in [7, 11) is 3.97. The molecule has 0 atom stereocenters. The molecular formula is C15H21N5O. The number of nitrogens with two attached hydrogens (primary N) is 1.